The number of carbonyl (C=O) groups excluding carboxylic acids is 1. The van der Waals surface area contributed by atoms with Gasteiger partial charge in [-0.1, -0.05) is 41.9 Å². The van der Waals surface area contributed by atoms with Gasteiger partial charge in [0.1, 0.15) is 0 Å². The van der Waals surface area contributed by atoms with Crippen molar-refractivity contribution in [2.75, 3.05) is 0 Å². The fourth-order valence-electron chi connectivity index (χ4n) is 2.13. The number of nitrogens with one attached hydrogen (secondary N) is 1. The molecular formula is C18H15Cl2N3O3. The third kappa shape index (κ3) is 5.15. The third-order valence-electron chi connectivity index (χ3n) is 3.17. The van der Waals surface area contributed by atoms with Crippen molar-refractivity contribution in [1.29, 1.82) is 0 Å². The van der Waals surface area contributed by atoms with Crippen LogP contribution in [0.15, 0.2) is 48.5 Å². The molecule has 1 heterocycles. The van der Waals surface area contributed by atoms with Gasteiger partial charge < -0.3 is 5.11 Å². The maximum atomic E-state index is 12.7. The number of hydrogen-bond acceptors (Lipinski definition) is 4. The molecule has 0 saturated heterocycles. The molecule has 0 aliphatic carbocycles. The molecule has 3 aromatic rings. The highest BCUT2D eigenvalue weighted by atomic mass is 35.5. The fourth-order valence-corrected chi connectivity index (χ4v) is 2.42. The molecule has 3 rings (SSSR count). The van der Waals surface area contributed by atoms with Crippen LogP contribution in [0.4, 0.5) is 0 Å². The molecule has 0 unspecified atom stereocenters. The average molecular weight is 392 g/mol. The van der Waals surface area contributed by atoms with Crippen molar-refractivity contribution in [3.63, 3.8) is 0 Å². The van der Waals surface area contributed by atoms with E-state index in [2.05, 4.69) is 15.2 Å². The van der Waals surface area contributed by atoms with E-state index in [0.717, 1.165) is 6.92 Å². The lowest BCUT2D eigenvalue weighted by molar-refractivity contribution is -0.134. The molecule has 8 heteroatoms. The topological polar surface area (TPSA) is 95.9 Å². The number of alkyl halides is 1. The van der Waals surface area contributed by atoms with E-state index in [-0.39, 0.29) is 11.7 Å². The highest BCUT2D eigenvalue weighted by Crippen LogP contribution is 2.26. The fraction of sp³-hybridized carbons (Fsp3) is 0.111. The SMILES string of the molecule is CC(=O)O.O=C(c1ccccc1)c1cc(Cl)ccc1-c1nc(CCl)n[nH]1. The van der Waals surface area contributed by atoms with Gasteiger partial charge in [-0.15, -0.1) is 11.6 Å². The predicted octanol–water partition coefficient (Wildman–Crippen LogP) is 4.19. The summed E-state index contributed by atoms with van der Waals surface area (Å²) in [4.78, 5) is 26.0. The van der Waals surface area contributed by atoms with Crippen LogP contribution >= 0.6 is 23.2 Å². The molecular weight excluding hydrogens is 377 g/mol. The summed E-state index contributed by atoms with van der Waals surface area (Å²) in [6, 6.07) is 14.1. The maximum absolute atomic E-state index is 12.7. The molecule has 0 spiro atoms. The number of benzene rings is 2. The number of halogens is 2. The molecule has 0 amide bonds. The number of carboxylic acid groups (broad SMARTS) is 1. The first kappa shape index (κ1) is 19.6. The molecule has 1 aromatic heterocycles. The zero-order chi connectivity index (χ0) is 19.1. The van der Waals surface area contributed by atoms with Crippen LogP contribution in [0.1, 0.15) is 28.7 Å². The standard InChI is InChI=1S/C16H11Cl2N3O.C2H4O2/c17-9-14-19-16(21-20-14)12-7-6-11(18)8-13(12)15(22)10-4-2-1-3-5-10;1-2(3)4/h1-8H,9H2,(H,19,20,21);1H3,(H,3,4). The van der Waals surface area contributed by atoms with Gasteiger partial charge in [0.2, 0.25) is 0 Å². The molecule has 0 saturated carbocycles. The Morgan fingerprint density at radius 3 is 2.38 bits per heavy atom. The van der Waals surface area contributed by atoms with E-state index >= 15 is 0 Å². The molecule has 0 radical (unpaired) electrons. The van der Waals surface area contributed by atoms with Gasteiger partial charge in [0.05, 0.1) is 5.88 Å². The quantitative estimate of drug-likeness (QED) is 0.513. The number of aromatic nitrogens is 3. The molecule has 0 atom stereocenters. The van der Waals surface area contributed by atoms with E-state index in [9.17, 15) is 4.79 Å². The van der Waals surface area contributed by atoms with E-state index in [0.29, 0.717) is 33.4 Å². The number of rotatable bonds is 4. The second-order valence-corrected chi connectivity index (χ2v) is 5.84. The summed E-state index contributed by atoms with van der Waals surface area (Å²) in [5.41, 5.74) is 1.70. The Balaban J connectivity index is 0.000000552. The average Bonchev–Trinajstić information content (AvgIpc) is 3.10. The first-order valence-electron chi connectivity index (χ1n) is 7.48. The number of nitrogens with zero attached hydrogens (tertiary/aromatic N) is 2. The van der Waals surface area contributed by atoms with Crippen molar-refractivity contribution in [1.82, 2.24) is 15.2 Å². The lowest BCUT2D eigenvalue weighted by Gasteiger charge is -2.07. The smallest absolute Gasteiger partial charge is 0.300 e. The molecule has 2 N–H and O–H groups in total. The van der Waals surface area contributed by atoms with Crippen molar-refractivity contribution in [3.8, 4) is 11.4 Å². The largest absolute Gasteiger partial charge is 0.481 e. The first-order chi connectivity index (χ1) is 12.4. The summed E-state index contributed by atoms with van der Waals surface area (Å²) in [7, 11) is 0. The minimum Gasteiger partial charge on any atom is -0.481 e. The second-order valence-electron chi connectivity index (χ2n) is 5.14. The maximum Gasteiger partial charge on any atom is 0.300 e. The summed E-state index contributed by atoms with van der Waals surface area (Å²) in [5.74, 6) is 0.213. The number of hydrogen-bond donors (Lipinski definition) is 2. The number of carbonyl (C=O) groups is 2. The third-order valence-corrected chi connectivity index (χ3v) is 3.64. The lowest BCUT2D eigenvalue weighted by atomic mass is 9.98. The summed E-state index contributed by atoms with van der Waals surface area (Å²) >= 11 is 11.8. The van der Waals surface area contributed by atoms with Crippen molar-refractivity contribution in [3.05, 3.63) is 70.5 Å². The van der Waals surface area contributed by atoms with E-state index < -0.39 is 5.97 Å². The predicted molar refractivity (Wildman–Crippen MR) is 99.6 cm³/mol. The van der Waals surface area contributed by atoms with Crippen molar-refractivity contribution >= 4 is 35.0 Å². The van der Waals surface area contributed by atoms with Crippen LogP contribution in [0.25, 0.3) is 11.4 Å². The number of aromatic amines is 1. The molecule has 6 nitrogen and oxygen atoms in total. The first-order valence-corrected chi connectivity index (χ1v) is 8.40. The number of carboxylic acids is 1. The lowest BCUT2D eigenvalue weighted by Crippen LogP contribution is -2.04. The summed E-state index contributed by atoms with van der Waals surface area (Å²) in [6.07, 6.45) is 0. The zero-order valence-electron chi connectivity index (χ0n) is 13.7. The number of H-pyrrole nitrogens is 1. The van der Waals surface area contributed by atoms with Gasteiger partial charge in [-0.2, -0.15) is 5.10 Å². The molecule has 0 bridgehead atoms. The van der Waals surface area contributed by atoms with E-state index in [4.69, 9.17) is 33.1 Å². The molecule has 0 fully saturated rings. The minimum atomic E-state index is -0.833. The summed E-state index contributed by atoms with van der Waals surface area (Å²) < 4.78 is 0. The van der Waals surface area contributed by atoms with Crippen LogP contribution in [-0.4, -0.2) is 32.0 Å². The molecule has 26 heavy (non-hydrogen) atoms. The molecule has 2 aromatic carbocycles. The molecule has 0 aliphatic rings. The van der Waals surface area contributed by atoms with E-state index in [1.54, 1.807) is 30.3 Å². The van der Waals surface area contributed by atoms with Crippen molar-refractivity contribution in [2.45, 2.75) is 12.8 Å². The Morgan fingerprint density at radius 1 is 1.15 bits per heavy atom. The Bertz CT molecular complexity index is 907. The van der Waals surface area contributed by atoms with Gasteiger partial charge in [0, 0.05) is 28.6 Å². The van der Waals surface area contributed by atoms with Gasteiger partial charge in [-0.25, -0.2) is 4.98 Å². The van der Waals surface area contributed by atoms with Crippen molar-refractivity contribution < 1.29 is 14.7 Å². The summed E-state index contributed by atoms with van der Waals surface area (Å²) in [5, 5.41) is 14.7. The Labute approximate surface area is 159 Å². The van der Waals surface area contributed by atoms with Gasteiger partial charge in [0.15, 0.2) is 17.4 Å². The monoisotopic (exact) mass is 391 g/mol. The zero-order valence-corrected chi connectivity index (χ0v) is 15.3. The minimum absolute atomic E-state index is 0.123. The van der Waals surface area contributed by atoms with Gasteiger partial charge in [0.25, 0.3) is 5.97 Å². The molecule has 0 aliphatic heterocycles. The summed E-state index contributed by atoms with van der Waals surface area (Å²) in [6.45, 7) is 1.08. The Morgan fingerprint density at radius 2 is 1.81 bits per heavy atom. The molecule has 134 valence electrons. The highest BCUT2D eigenvalue weighted by molar-refractivity contribution is 6.31. The number of ketones is 1. The van der Waals surface area contributed by atoms with Gasteiger partial charge in [-0.3, -0.25) is 14.7 Å². The van der Waals surface area contributed by atoms with Crippen LogP contribution in [0.3, 0.4) is 0 Å². The highest BCUT2D eigenvalue weighted by Gasteiger charge is 2.17. The van der Waals surface area contributed by atoms with Gasteiger partial charge in [-0.05, 0) is 18.2 Å². The normalized spacial score (nSPS) is 9.96. The Hall–Kier alpha value is -2.70. The van der Waals surface area contributed by atoms with E-state index in [1.165, 1.54) is 0 Å². The van der Waals surface area contributed by atoms with E-state index in [1.807, 2.05) is 18.2 Å². The van der Waals surface area contributed by atoms with Crippen LogP contribution in [0.2, 0.25) is 5.02 Å². The van der Waals surface area contributed by atoms with Crippen molar-refractivity contribution in [2.24, 2.45) is 0 Å². The number of aliphatic carboxylic acids is 1. The van der Waals surface area contributed by atoms with Gasteiger partial charge >= 0.3 is 0 Å². The Kier molecular flexibility index (Phi) is 6.89. The van der Waals surface area contributed by atoms with Crippen LogP contribution in [-0.2, 0) is 10.7 Å². The van der Waals surface area contributed by atoms with Crippen LogP contribution < -0.4 is 0 Å². The second kappa shape index (κ2) is 9.12. The van der Waals surface area contributed by atoms with Crippen LogP contribution in [0.5, 0.6) is 0 Å². The van der Waals surface area contributed by atoms with Crippen LogP contribution in [0, 0.1) is 0 Å².